The Morgan fingerprint density at radius 1 is 1.17 bits per heavy atom. The van der Waals surface area contributed by atoms with E-state index in [1.165, 1.54) is 0 Å². The van der Waals surface area contributed by atoms with Crippen LogP contribution in [0.3, 0.4) is 0 Å². The maximum Gasteiger partial charge on any atom is 0.261 e. The molecule has 150 valence electrons. The maximum atomic E-state index is 12.8. The van der Waals surface area contributed by atoms with Crippen LogP contribution in [0.1, 0.15) is 36.8 Å². The van der Waals surface area contributed by atoms with Crippen molar-refractivity contribution < 1.29 is 19.2 Å². The zero-order chi connectivity index (χ0) is 20.1. The van der Waals surface area contributed by atoms with Gasteiger partial charge in [0.1, 0.15) is 11.8 Å². The van der Waals surface area contributed by atoms with Crippen molar-refractivity contribution in [3.63, 3.8) is 0 Å². The van der Waals surface area contributed by atoms with Crippen LogP contribution in [0.5, 0.6) is 5.75 Å². The predicted molar refractivity (Wildman–Crippen MR) is 106 cm³/mol. The first-order valence-electron chi connectivity index (χ1n) is 9.75. The van der Waals surface area contributed by atoms with Gasteiger partial charge in [-0.25, -0.2) is 0 Å². The number of hydrogen-bond acceptors (Lipinski definition) is 6. The fourth-order valence-corrected chi connectivity index (χ4v) is 3.53. The molecular weight excluding hydrogens is 370 g/mol. The van der Waals surface area contributed by atoms with Crippen LogP contribution >= 0.6 is 0 Å². The summed E-state index contributed by atoms with van der Waals surface area (Å²) >= 11 is 0. The molecule has 0 bridgehead atoms. The highest BCUT2D eigenvalue weighted by atomic mass is 16.5. The van der Waals surface area contributed by atoms with Gasteiger partial charge in [0.2, 0.25) is 11.7 Å². The minimum Gasteiger partial charge on any atom is -0.484 e. The van der Waals surface area contributed by atoms with Crippen LogP contribution in [0.2, 0.25) is 0 Å². The Morgan fingerprint density at radius 2 is 2.03 bits per heavy atom. The highest BCUT2D eigenvalue weighted by molar-refractivity contribution is 5.78. The van der Waals surface area contributed by atoms with E-state index in [2.05, 4.69) is 10.1 Å². The first-order chi connectivity index (χ1) is 14.2. The van der Waals surface area contributed by atoms with E-state index in [1.54, 1.807) is 4.90 Å². The summed E-state index contributed by atoms with van der Waals surface area (Å²) in [4.78, 5) is 19.1. The lowest BCUT2D eigenvalue weighted by atomic mass is 10.0. The second kappa shape index (κ2) is 8.87. The molecule has 1 amide bonds. The molecule has 0 radical (unpaired) electrons. The summed E-state index contributed by atoms with van der Waals surface area (Å²) in [6, 6.07) is 16.4. The average molecular weight is 393 g/mol. The molecule has 1 N–H and O–H groups in total. The van der Waals surface area contributed by atoms with Crippen LogP contribution in [-0.4, -0.2) is 39.2 Å². The number of likely N-dealkylation sites (tertiary alicyclic amines) is 1. The average Bonchev–Trinajstić information content (AvgIpc) is 3.28. The van der Waals surface area contributed by atoms with E-state index in [0.717, 1.165) is 30.4 Å². The standard InChI is InChI=1S/C22H23N3O4/c26-14-16-7-6-8-17(13-16)21-23-22(29-24-21)19-11-4-5-12-25(19)20(27)15-28-18-9-2-1-3-10-18/h1-3,6-10,13,19,26H,4-5,11-12,14-15H2/t19-/m0/s1. The smallest absolute Gasteiger partial charge is 0.261 e. The molecule has 1 atom stereocenters. The third kappa shape index (κ3) is 4.46. The highest BCUT2D eigenvalue weighted by Crippen LogP contribution is 2.31. The van der Waals surface area contributed by atoms with Crippen molar-refractivity contribution in [1.29, 1.82) is 0 Å². The van der Waals surface area contributed by atoms with Crippen LogP contribution in [0.15, 0.2) is 59.1 Å². The number of aliphatic hydroxyl groups is 1. The minimum atomic E-state index is -0.252. The number of nitrogens with zero attached hydrogens (tertiary/aromatic N) is 3. The normalized spacial score (nSPS) is 16.6. The van der Waals surface area contributed by atoms with Crippen molar-refractivity contribution in [2.45, 2.75) is 31.9 Å². The molecule has 0 saturated carbocycles. The minimum absolute atomic E-state index is 0.0277. The van der Waals surface area contributed by atoms with Crippen LogP contribution in [0, 0.1) is 0 Å². The number of ether oxygens (including phenoxy) is 1. The van der Waals surface area contributed by atoms with Crippen LogP contribution in [0.25, 0.3) is 11.4 Å². The molecule has 29 heavy (non-hydrogen) atoms. The summed E-state index contributed by atoms with van der Waals surface area (Å²) in [6.45, 7) is 0.560. The summed E-state index contributed by atoms with van der Waals surface area (Å²) in [5, 5.41) is 13.4. The first-order valence-corrected chi connectivity index (χ1v) is 9.75. The van der Waals surface area contributed by atoms with Gasteiger partial charge in [0.15, 0.2) is 6.61 Å². The van der Waals surface area contributed by atoms with Gasteiger partial charge in [-0.15, -0.1) is 0 Å². The van der Waals surface area contributed by atoms with E-state index in [1.807, 2.05) is 54.6 Å². The van der Waals surface area contributed by atoms with E-state index in [-0.39, 0.29) is 25.2 Å². The van der Waals surface area contributed by atoms with Gasteiger partial charge in [-0.05, 0) is 43.0 Å². The van der Waals surface area contributed by atoms with Crippen molar-refractivity contribution in [2.24, 2.45) is 0 Å². The molecule has 2 aromatic carbocycles. The molecule has 1 aromatic heterocycles. The summed E-state index contributed by atoms with van der Waals surface area (Å²) in [5.41, 5.74) is 1.55. The number of amides is 1. The summed E-state index contributed by atoms with van der Waals surface area (Å²) < 4.78 is 11.1. The molecule has 4 rings (SSSR count). The molecule has 7 heteroatoms. The topological polar surface area (TPSA) is 88.7 Å². The number of aliphatic hydroxyl groups excluding tert-OH is 1. The van der Waals surface area contributed by atoms with E-state index >= 15 is 0 Å². The van der Waals surface area contributed by atoms with Crippen molar-refractivity contribution >= 4 is 5.91 Å². The largest absolute Gasteiger partial charge is 0.484 e. The van der Waals surface area contributed by atoms with E-state index in [4.69, 9.17) is 9.26 Å². The van der Waals surface area contributed by atoms with Gasteiger partial charge in [0, 0.05) is 12.1 Å². The SMILES string of the molecule is O=C(COc1ccccc1)N1CCCC[C@H]1c1nc(-c2cccc(CO)c2)no1. The Morgan fingerprint density at radius 3 is 2.86 bits per heavy atom. The number of hydrogen-bond donors (Lipinski definition) is 1. The summed E-state index contributed by atoms with van der Waals surface area (Å²) in [7, 11) is 0. The molecule has 0 aliphatic carbocycles. The molecule has 1 saturated heterocycles. The van der Waals surface area contributed by atoms with Crippen LogP contribution in [0.4, 0.5) is 0 Å². The Balaban J connectivity index is 1.48. The second-order valence-corrected chi connectivity index (χ2v) is 7.02. The number of carbonyl (C=O) groups excluding carboxylic acids is 1. The zero-order valence-corrected chi connectivity index (χ0v) is 16.0. The third-order valence-corrected chi connectivity index (χ3v) is 5.02. The lowest BCUT2D eigenvalue weighted by Gasteiger charge is -2.33. The molecule has 1 aliphatic rings. The highest BCUT2D eigenvalue weighted by Gasteiger charge is 2.32. The lowest BCUT2D eigenvalue weighted by Crippen LogP contribution is -2.41. The van der Waals surface area contributed by atoms with Crippen molar-refractivity contribution in [3.05, 3.63) is 66.1 Å². The van der Waals surface area contributed by atoms with Gasteiger partial charge in [-0.3, -0.25) is 4.79 Å². The molecule has 1 fully saturated rings. The van der Waals surface area contributed by atoms with E-state index in [0.29, 0.717) is 24.0 Å². The first kappa shape index (κ1) is 19.1. The molecule has 2 heterocycles. The number of para-hydroxylation sites is 1. The fourth-order valence-electron chi connectivity index (χ4n) is 3.53. The van der Waals surface area contributed by atoms with Gasteiger partial charge in [-0.1, -0.05) is 41.6 Å². The molecule has 7 nitrogen and oxygen atoms in total. The predicted octanol–water partition coefficient (Wildman–Crippen LogP) is 3.36. The van der Waals surface area contributed by atoms with Crippen molar-refractivity contribution in [3.8, 4) is 17.1 Å². The van der Waals surface area contributed by atoms with Gasteiger partial charge in [-0.2, -0.15) is 4.98 Å². The molecule has 3 aromatic rings. The fraction of sp³-hybridized carbons (Fsp3) is 0.318. The quantitative estimate of drug-likeness (QED) is 0.691. The molecule has 0 unspecified atom stereocenters. The maximum absolute atomic E-state index is 12.8. The van der Waals surface area contributed by atoms with Gasteiger partial charge in [0.25, 0.3) is 5.91 Å². The summed E-state index contributed by atoms with van der Waals surface area (Å²) in [6.07, 6.45) is 2.70. The Kier molecular flexibility index (Phi) is 5.86. The number of carbonyl (C=O) groups is 1. The third-order valence-electron chi connectivity index (χ3n) is 5.02. The molecular formula is C22H23N3O4. The number of benzene rings is 2. The Bertz CT molecular complexity index is 957. The monoisotopic (exact) mass is 393 g/mol. The van der Waals surface area contributed by atoms with Crippen LogP contribution in [-0.2, 0) is 11.4 Å². The Labute approximate surface area is 168 Å². The van der Waals surface area contributed by atoms with Crippen LogP contribution < -0.4 is 4.74 Å². The number of aromatic nitrogens is 2. The van der Waals surface area contributed by atoms with Gasteiger partial charge in [0.05, 0.1) is 6.61 Å². The molecule has 1 aliphatic heterocycles. The number of piperidine rings is 1. The van der Waals surface area contributed by atoms with Crippen molar-refractivity contribution in [2.75, 3.05) is 13.2 Å². The lowest BCUT2D eigenvalue weighted by molar-refractivity contribution is -0.138. The Hall–Kier alpha value is -3.19. The second-order valence-electron chi connectivity index (χ2n) is 7.02. The molecule has 0 spiro atoms. The van der Waals surface area contributed by atoms with Gasteiger partial charge >= 0.3 is 0 Å². The van der Waals surface area contributed by atoms with Crippen molar-refractivity contribution in [1.82, 2.24) is 15.0 Å². The number of rotatable bonds is 6. The van der Waals surface area contributed by atoms with E-state index in [9.17, 15) is 9.90 Å². The van der Waals surface area contributed by atoms with Gasteiger partial charge < -0.3 is 19.3 Å². The zero-order valence-electron chi connectivity index (χ0n) is 16.0. The summed E-state index contributed by atoms with van der Waals surface area (Å²) in [5.74, 6) is 1.45. The van der Waals surface area contributed by atoms with E-state index < -0.39 is 0 Å².